The molecule has 1 N–H and O–H groups in total. The highest BCUT2D eigenvalue weighted by Crippen LogP contribution is 2.31. The number of aromatic nitrogens is 1. The molecule has 0 amide bonds. The number of benzene rings is 1. The van der Waals surface area contributed by atoms with Crippen molar-refractivity contribution >= 4 is 12.2 Å². The van der Waals surface area contributed by atoms with Crippen LogP contribution in [0.4, 0.5) is 0 Å². The minimum Gasteiger partial charge on any atom is -0.393 e. The molecular weight excluding hydrogens is 326 g/mol. The van der Waals surface area contributed by atoms with Crippen LogP contribution in [0.3, 0.4) is 0 Å². The summed E-state index contributed by atoms with van der Waals surface area (Å²) in [6.45, 7) is 3.86. The number of hydrogen-bond donors (Lipinski definition) is 1. The van der Waals surface area contributed by atoms with Gasteiger partial charge >= 0.3 is 0 Å². The van der Waals surface area contributed by atoms with Gasteiger partial charge in [0.1, 0.15) is 7.05 Å². The van der Waals surface area contributed by atoms with Gasteiger partial charge in [0.15, 0.2) is 18.7 Å². The molecule has 1 aromatic carbocycles. The van der Waals surface area contributed by atoms with Crippen molar-refractivity contribution in [3.05, 3.63) is 65.5 Å². The minimum absolute atomic E-state index is 0.0303. The zero-order valence-electron chi connectivity index (χ0n) is 15.7. The molecule has 4 nitrogen and oxygen atoms in total. The first kappa shape index (κ1) is 18.8. The van der Waals surface area contributed by atoms with Gasteiger partial charge in [0, 0.05) is 17.7 Å². The van der Waals surface area contributed by atoms with E-state index in [4.69, 9.17) is 9.47 Å². The third-order valence-electron chi connectivity index (χ3n) is 4.55. The second-order valence-corrected chi connectivity index (χ2v) is 7.15. The van der Waals surface area contributed by atoms with Crippen molar-refractivity contribution in [2.24, 2.45) is 7.05 Å². The summed E-state index contributed by atoms with van der Waals surface area (Å²) in [5.41, 5.74) is 3.31. The molecule has 2 aromatic rings. The monoisotopic (exact) mass is 354 g/mol. The molecule has 1 fully saturated rings. The number of aliphatic hydroxyl groups excluding tert-OH is 1. The van der Waals surface area contributed by atoms with E-state index < -0.39 is 0 Å². The van der Waals surface area contributed by atoms with E-state index in [1.165, 1.54) is 5.56 Å². The summed E-state index contributed by atoms with van der Waals surface area (Å²) in [6.07, 6.45) is 9.14. The Bertz CT molecular complexity index is 720. The van der Waals surface area contributed by atoms with Crippen molar-refractivity contribution in [3.63, 3.8) is 0 Å². The molecule has 4 heteroatoms. The average Bonchev–Trinajstić information content (AvgIpc) is 2.60. The summed E-state index contributed by atoms with van der Waals surface area (Å²) in [7, 11) is 2.01. The topological polar surface area (TPSA) is 42.6 Å². The van der Waals surface area contributed by atoms with Gasteiger partial charge < -0.3 is 14.6 Å². The van der Waals surface area contributed by atoms with Crippen molar-refractivity contribution in [3.8, 4) is 0 Å². The molecule has 138 valence electrons. The largest absolute Gasteiger partial charge is 0.393 e. The highest BCUT2D eigenvalue weighted by atomic mass is 16.7. The maximum absolute atomic E-state index is 9.62. The van der Waals surface area contributed by atoms with Gasteiger partial charge in [-0.05, 0) is 37.8 Å². The fourth-order valence-electron chi connectivity index (χ4n) is 3.17. The zero-order valence-corrected chi connectivity index (χ0v) is 15.7. The quantitative estimate of drug-likeness (QED) is 0.834. The van der Waals surface area contributed by atoms with Crippen LogP contribution in [0.25, 0.3) is 12.2 Å². The molecule has 4 atom stereocenters. The Hall–Kier alpha value is -2.01. The number of rotatable bonds is 5. The third kappa shape index (κ3) is 5.24. The van der Waals surface area contributed by atoms with Crippen LogP contribution in [-0.4, -0.2) is 23.4 Å². The molecule has 4 unspecified atom stereocenters. The minimum atomic E-state index is -0.366. The van der Waals surface area contributed by atoms with E-state index >= 15 is 0 Å². The predicted molar refractivity (Wildman–Crippen MR) is 102 cm³/mol. The Labute approximate surface area is 155 Å². The Morgan fingerprint density at radius 1 is 1.08 bits per heavy atom. The van der Waals surface area contributed by atoms with Gasteiger partial charge in [-0.25, -0.2) is 4.57 Å². The van der Waals surface area contributed by atoms with Crippen molar-refractivity contribution in [1.82, 2.24) is 0 Å². The Kier molecular flexibility index (Phi) is 6.20. The van der Waals surface area contributed by atoms with Gasteiger partial charge in [-0.2, -0.15) is 0 Å². The van der Waals surface area contributed by atoms with E-state index in [2.05, 4.69) is 43.3 Å². The maximum Gasteiger partial charge on any atom is 0.184 e. The standard InChI is InChI=1S/C22H28NO3/c1-16(24)14-21-15-17(2)25-22(26-21)20-8-6-18(7-9-20)4-5-19-10-12-23(3)13-11-19/h4-13,16-17,21-22,24H,14-15H2,1-3H3/q+1/b5-4+. The van der Waals surface area contributed by atoms with Crippen LogP contribution in [0.1, 0.15) is 49.7 Å². The number of aliphatic hydroxyl groups is 1. The number of hydrogen-bond acceptors (Lipinski definition) is 3. The number of nitrogens with zero attached hydrogens (tertiary/aromatic N) is 1. The number of pyridine rings is 1. The van der Waals surface area contributed by atoms with E-state index in [-0.39, 0.29) is 24.6 Å². The van der Waals surface area contributed by atoms with E-state index in [1.807, 2.05) is 36.1 Å². The Morgan fingerprint density at radius 3 is 2.31 bits per heavy atom. The predicted octanol–water partition coefficient (Wildman–Crippen LogP) is 3.65. The van der Waals surface area contributed by atoms with Crippen LogP contribution < -0.4 is 4.57 Å². The molecular formula is C22H28NO3+. The van der Waals surface area contributed by atoms with Crippen LogP contribution in [0.2, 0.25) is 0 Å². The van der Waals surface area contributed by atoms with Gasteiger partial charge in [-0.15, -0.1) is 0 Å². The lowest BCUT2D eigenvalue weighted by atomic mass is 10.0. The van der Waals surface area contributed by atoms with Gasteiger partial charge in [0.25, 0.3) is 0 Å². The molecule has 0 aliphatic carbocycles. The summed E-state index contributed by atoms with van der Waals surface area (Å²) in [5.74, 6) is 0. The lowest BCUT2D eigenvalue weighted by Gasteiger charge is -2.35. The van der Waals surface area contributed by atoms with Crippen molar-refractivity contribution in [1.29, 1.82) is 0 Å². The Morgan fingerprint density at radius 2 is 1.69 bits per heavy atom. The van der Waals surface area contributed by atoms with Crippen LogP contribution >= 0.6 is 0 Å². The van der Waals surface area contributed by atoms with Crippen molar-refractivity contribution < 1.29 is 19.1 Å². The molecule has 26 heavy (non-hydrogen) atoms. The van der Waals surface area contributed by atoms with E-state index in [9.17, 15) is 5.11 Å². The van der Waals surface area contributed by atoms with Crippen LogP contribution in [0, 0.1) is 0 Å². The van der Waals surface area contributed by atoms with E-state index in [0.29, 0.717) is 6.42 Å². The van der Waals surface area contributed by atoms with Crippen molar-refractivity contribution in [2.75, 3.05) is 0 Å². The normalized spacial score (nSPS) is 24.7. The van der Waals surface area contributed by atoms with E-state index in [1.54, 1.807) is 6.92 Å². The van der Waals surface area contributed by atoms with Crippen LogP contribution in [-0.2, 0) is 16.5 Å². The first-order chi connectivity index (χ1) is 12.5. The molecule has 0 bridgehead atoms. The zero-order chi connectivity index (χ0) is 18.5. The van der Waals surface area contributed by atoms with Gasteiger partial charge in [0.2, 0.25) is 0 Å². The SMILES string of the molecule is CC(O)CC1CC(C)OC(c2ccc(/C=C/c3cc[n+](C)cc3)cc2)O1. The smallest absolute Gasteiger partial charge is 0.184 e. The average molecular weight is 354 g/mol. The Balaban J connectivity index is 1.65. The first-order valence-electron chi connectivity index (χ1n) is 9.22. The molecule has 2 heterocycles. The molecule has 1 aliphatic rings. The summed E-state index contributed by atoms with van der Waals surface area (Å²) in [4.78, 5) is 0. The highest BCUT2D eigenvalue weighted by molar-refractivity contribution is 5.69. The summed E-state index contributed by atoms with van der Waals surface area (Å²) in [6, 6.07) is 12.4. The lowest BCUT2D eigenvalue weighted by molar-refractivity contribution is -0.671. The van der Waals surface area contributed by atoms with Gasteiger partial charge in [-0.3, -0.25) is 0 Å². The molecule has 0 saturated carbocycles. The van der Waals surface area contributed by atoms with Gasteiger partial charge in [0.05, 0.1) is 18.3 Å². The summed E-state index contributed by atoms with van der Waals surface area (Å²) < 4.78 is 14.0. The fourth-order valence-corrected chi connectivity index (χ4v) is 3.17. The second kappa shape index (κ2) is 8.58. The maximum atomic E-state index is 9.62. The number of ether oxygens (including phenoxy) is 2. The summed E-state index contributed by atoms with van der Waals surface area (Å²) in [5, 5.41) is 9.62. The molecule has 3 rings (SSSR count). The van der Waals surface area contributed by atoms with Crippen LogP contribution in [0.15, 0.2) is 48.8 Å². The van der Waals surface area contributed by atoms with E-state index in [0.717, 1.165) is 17.5 Å². The van der Waals surface area contributed by atoms with Crippen molar-refractivity contribution in [2.45, 2.75) is 51.3 Å². The molecule has 0 spiro atoms. The third-order valence-corrected chi connectivity index (χ3v) is 4.55. The number of aryl methyl sites for hydroxylation is 1. The molecule has 1 saturated heterocycles. The fraction of sp³-hybridized carbons (Fsp3) is 0.409. The van der Waals surface area contributed by atoms with Gasteiger partial charge in [-0.1, -0.05) is 36.4 Å². The summed E-state index contributed by atoms with van der Waals surface area (Å²) >= 11 is 0. The first-order valence-corrected chi connectivity index (χ1v) is 9.22. The highest BCUT2D eigenvalue weighted by Gasteiger charge is 2.29. The lowest BCUT2D eigenvalue weighted by Crippen LogP contribution is -2.34. The molecule has 0 radical (unpaired) electrons. The van der Waals surface area contributed by atoms with Crippen LogP contribution in [0.5, 0.6) is 0 Å². The molecule has 1 aromatic heterocycles. The molecule has 1 aliphatic heterocycles. The second-order valence-electron chi connectivity index (χ2n) is 7.15.